The summed E-state index contributed by atoms with van der Waals surface area (Å²) in [5.41, 5.74) is 1.32. The third kappa shape index (κ3) is 3.17. The second kappa shape index (κ2) is 5.92. The lowest BCUT2D eigenvalue weighted by Crippen LogP contribution is -2.36. The second-order valence-electron chi connectivity index (χ2n) is 5.98. The summed E-state index contributed by atoms with van der Waals surface area (Å²) in [7, 11) is 0. The van der Waals surface area contributed by atoms with Crippen LogP contribution in [0.3, 0.4) is 0 Å². The fourth-order valence-corrected chi connectivity index (χ4v) is 3.23. The number of hydrogen-bond acceptors (Lipinski definition) is 2. The van der Waals surface area contributed by atoms with Crippen LogP contribution in [0, 0.1) is 19.8 Å². The maximum absolute atomic E-state index is 5.64. The average molecular weight is 249 g/mol. The highest BCUT2D eigenvalue weighted by molar-refractivity contribution is 5.23. The Balaban J connectivity index is 2.01. The zero-order valence-electron chi connectivity index (χ0n) is 12.3. The molecule has 102 valence electrons. The Hall–Kier alpha value is -0.760. The summed E-state index contributed by atoms with van der Waals surface area (Å²) in [6, 6.07) is 3.24. The third-order valence-corrected chi connectivity index (χ3v) is 4.37. The average Bonchev–Trinajstić information content (AvgIpc) is 2.52. The molecule has 0 saturated heterocycles. The van der Waals surface area contributed by atoms with E-state index < -0.39 is 0 Å². The van der Waals surface area contributed by atoms with Crippen molar-refractivity contribution < 1.29 is 4.42 Å². The van der Waals surface area contributed by atoms with Crippen LogP contribution in [0.4, 0.5) is 0 Å². The van der Waals surface area contributed by atoms with Crippen molar-refractivity contribution >= 4 is 0 Å². The van der Waals surface area contributed by atoms with Gasteiger partial charge in [-0.1, -0.05) is 26.2 Å². The largest absolute Gasteiger partial charge is 0.466 e. The molecule has 3 atom stereocenters. The van der Waals surface area contributed by atoms with Crippen LogP contribution in [0.25, 0.3) is 0 Å². The Morgan fingerprint density at radius 1 is 1.22 bits per heavy atom. The van der Waals surface area contributed by atoms with Crippen LogP contribution in [0.2, 0.25) is 0 Å². The fraction of sp³-hybridized carbons (Fsp3) is 0.750. The molecule has 0 bridgehead atoms. The van der Waals surface area contributed by atoms with Crippen molar-refractivity contribution in [2.24, 2.45) is 5.92 Å². The minimum atomic E-state index is 0.396. The maximum atomic E-state index is 5.64. The summed E-state index contributed by atoms with van der Waals surface area (Å²) >= 11 is 0. The normalized spacial score (nSPS) is 26.9. The molecule has 2 rings (SSSR count). The second-order valence-corrected chi connectivity index (χ2v) is 5.98. The standard InChI is InChI=1S/C16H27NO/c1-11-8-6-5-7-9-16(11)17-13(3)15-10-12(2)18-14(15)4/h10-11,13,16-17H,5-9H2,1-4H3. The van der Waals surface area contributed by atoms with Gasteiger partial charge in [0.1, 0.15) is 11.5 Å². The van der Waals surface area contributed by atoms with Gasteiger partial charge in [0.2, 0.25) is 0 Å². The van der Waals surface area contributed by atoms with Gasteiger partial charge in [-0.2, -0.15) is 0 Å². The molecule has 1 saturated carbocycles. The molecule has 3 unspecified atom stereocenters. The third-order valence-electron chi connectivity index (χ3n) is 4.37. The molecule has 1 aliphatic carbocycles. The number of nitrogens with one attached hydrogen (secondary N) is 1. The molecule has 0 aromatic carbocycles. The van der Waals surface area contributed by atoms with E-state index in [1.54, 1.807) is 0 Å². The summed E-state index contributed by atoms with van der Waals surface area (Å²) in [5, 5.41) is 3.82. The van der Waals surface area contributed by atoms with Crippen molar-refractivity contribution in [1.29, 1.82) is 0 Å². The van der Waals surface area contributed by atoms with E-state index in [0.717, 1.165) is 17.4 Å². The van der Waals surface area contributed by atoms with Gasteiger partial charge in [-0.25, -0.2) is 0 Å². The van der Waals surface area contributed by atoms with Crippen LogP contribution in [-0.4, -0.2) is 6.04 Å². The van der Waals surface area contributed by atoms with Gasteiger partial charge >= 0.3 is 0 Å². The molecule has 1 aromatic rings. The zero-order valence-corrected chi connectivity index (χ0v) is 12.3. The van der Waals surface area contributed by atoms with E-state index in [2.05, 4.69) is 32.2 Å². The van der Waals surface area contributed by atoms with Crippen LogP contribution in [0.1, 0.15) is 69.1 Å². The molecule has 1 N–H and O–H groups in total. The van der Waals surface area contributed by atoms with Crippen LogP contribution in [0.15, 0.2) is 10.5 Å². The first kappa shape index (κ1) is 13.7. The molecule has 18 heavy (non-hydrogen) atoms. The van der Waals surface area contributed by atoms with Gasteiger partial charge in [-0.05, 0) is 45.6 Å². The van der Waals surface area contributed by atoms with Gasteiger partial charge in [0.05, 0.1) is 0 Å². The molecular formula is C16H27NO. The minimum absolute atomic E-state index is 0.396. The van der Waals surface area contributed by atoms with E-state index >= 15 is 0 Å². The summed E-state index contributed by atoms with van der Waals surface area (Å²) in [4.78, 5) is 0. The summed E-state index contributed by atoms with van der Waals surface area (Å²) in [6.07, 6.45) is 6.87. The van der Waals surface area contributed by atoms with Crippen LogP contribution in [-0.2, 0) is 0 Å². The highest BCUT2D eigenvalue weighted by Gasteiger charge is 2.23. The number of furan rings is 1. The topological polar surface area (TPSA) is 25.2 Å². The van der Waals surface area contributed by atoms with Crippen molar-refractivity contribution in [2.45, 2.75) is 71.9 Å². The van der Waals surface area contributed by atoms with Crippen molar-refractivity contribution in [3.05, 3.63) is 23.2 Å². The zero-order chi connectivity index (χ0) is 13.1. The monoisotopic (exact) mass is 249 g/mol. The van der Waals surface area contributed by atoms with Gasteiger partial charge in [0, 0.05) is 17.6 Å². The maximum Gasteiger partial charge on any atom is 0.105 e. The molecule has 0 spiro atoms. The van der Waals surface area contributed by atoms with Gasteiger partial charge < -0.3 is 9.73 Å². The highest BCUT2D eigenvalue weighted by Crippen LogP contribution is 2.27. The minimum Gasteiger partial charge on any atom is -0.466 e. The first-order valence-corrected chi connectivity index (χ1v) is 7.41. The van der Waals surface area contributed by atoms with Gasteiger partial charge in [0.15, 0.2) is 0 Å². The first-order valence-electron chi connectivity index (χ1n) is 7.41. The first-order chi connectivity index (χ1) is 8.58. The summed E-state index contributed by atoms with van der Waals surface area (Å²) in [6.45, 7) is 8.74. The van der Waals surface area contributed by atoms with Gasteiger partial charge in [-0.3, -0.25) is 0 Å². The van der Waals surface area contributed by atoms with E-state index in [1.807, 2.05) is 6.92 Å². The van der Waals surface area contributed by atoms with E-state index in [0.29, 0.717) is 12.1 Å². The number of rotatable bonds is 3. The van der Waals surface area contributed by atoms with Crippen LogP contribution >= 0.6 is 0 Å². The lowest BCUT2D eigenvalue weighted by Gasteiger charge is -2.26. The molecule has 1 fully saturated rings. The fourth-order valence-electron chi connectivity index (χ4n) is 3.23. The summed E-state index contributed by atoms with van der Waals surface area (Å²) < 4.78 is 5.64. The predicted octanol–water partition coefficient (Wildman–Crippen LogP) is 4.52. The Morgan fingerprint density at radius 3 is 2.61 bits per heavy atom. The van der Waals surface area contributed by atoms with Crippen molar-refractivity contribution in [2.75, 3.05) is 0 Å². The highest BCUT2D eigenvalue weighted by atomic mass is 16.3. The number of aryl methyl sites for hydroxylation is 2. The van der Waals surface area contributed by atoms with E-state index in [4.69, 9.17) is 4.42 Å². The molecule has 2 heteroatoms. The van der Waals surface area contributed by atoms with E-state index in [9.17, 15) is 0 Å². The Labute approximate surface area is 111 Å². The summed E-state index contributed by atoms with van der Waals surface area (Å²) in [5.74, 6) is 2.88. The lowest BCUT2D eigenvalue weighted by atomic mass is 9.95. The molecule has 1 heterocycles. The molecule has 1 aliphatic rings. The molecule has 0 amide bonds. The van der Waals surface area contributed by atoms with Gasteiger partial charge in [0.25, 0.3) is 0 Å². The van der Waals surface area contributed by atoms with Crippen molar-refractivity contribution in [3.8, 4) is 0 Å². The molecular weight excluding hydrogens is 222 g/mol. The lowest BCUT2D eigenvalue weighted by molar-refractivity contribution is 0.328. The van der Waals surface area contributed by atoms with E-state index in [1.165, 1.54) is 37.7 Å². The molecule has 2 nitrogen and oxygen atoms in total. The van der Waals surface area contributed by atoms with Crippen LogP contribution < -0.4 is 5.32 Å². The van der Waals surface area contributed by atoms with Crippen molar-refractivity contribution in [1.82, 2.24) is 5.32 Å². The Kier molecular flexibility index (Phi) is 4.50. The smallest absolute Gasteiger partial charge is 0.105 e. The van der Waals surface area contributed by atoms with Crippen molar-refractivity contribution in [3.63, 3.8) is 0 Å². The Bertz CT molecular complexity index is 382. The molecule has 0 radical (unpaired) electrons. The molecule has 1 aromatic heterocycles. The van der Waals surface area contributed by atoms with Gasteiger partial charge in [-0.15, -0.1) is 0 Å². The quantitative estimate of drug-likeness (QED) is 0.797. The number of hydrogen-bond donors (Lipinski definition) is 1. The predicted molar refractivity (Wildman–Crippen MR) is 75.8 cm³/mol. The van der Waals surface area contributed by atoms with Crippen LogP contribution in [0.5, 0.6) is 0 Å². The Morgan fingerprint density at radius 2 is 1.94 bits per heavy atom. The SMILES string of the molecule is Cc1cc(C(C)NC2CCCCCC2C)c(C)o1. The molecule has 0 aliphatic heterocycles. The van der Waals surface area contributed by atoms with E-state index in [-0.39, 0.29) is 0 Å².